The topological polar surface area (TPSA) is 64.4 Å². The van der Waals surface area contributed by atoms with Gasteiger partial charge >= 0.3 is 0 Å². The Morgan fingerprint density at radius 2 is 2.27 bits per heavy atom. The van der Waals surface area contributed by atoms with Crippen molar-refractivity contribution in [3.63, 3.8) is 0 Å². The summed E-state index contributed by atoms with van der Waals surface area (Å²) in [5.41, 5.74) is 5.83. The Morgan fingerprint density at radius 3 is 2.80 bits per heavy atom. The maximum absolute atomic E-state index is 11.5. The average molecular weight is 214 g/mol. The van der Waals surface area contributed by atoms with E-state index in [9.17, 15) is 4.79 Å². The number of hydrogen-bond donors (Lipinski definition) is 2. The highest BCUT2D eigenvalue weighted by molar-refractivity contribution is 5.76. The molecule has 0 aromatic carbocycles. The number of ether oxygens (including phenoxy) is 1. The van der Waals surface area contributed by atoms with Crippen LogP contribution in [0.3, 0.4) is 0 Å². The Balaban J connectivity index is 2.26. The molecule has 1 fully saturated rings. The van der Waals surface area contributed by atoms with Crippen molar-refractivity contribution in [3.05, 3.63) is 0 Å². The number of unbranched alkanes of at least 4 members (excludes halogenated alkanes) is 1. The second-order valence-electron chi connectivity index (χ2n) is 4.09. The zero-order valence-corrected chi connectivity index (χ0v) is 9.66. The largest absolute Gasteiger partial charge is 0.376 e. The summed E-state index contributed by atoms with van der Waals surface area (Å²) in [6.07, 6.45) is 3.55. The normalized spacial score (nSPS) is 29.7. The van der Waals surface area contributed by atoms with Gasteiger partial charge in [0.25, 0.3) is 0 Å². The number of nitrogens with one attached hydrogen (secondary N) is 1. The lowest BCUT2D eigenvalue weighted by molar-refractivity contribution is -0.125. The molecule has 0 aliphatic heterocycles. The first-order valence-corrected chi connectivity index (χ1v) is 5.85. The predicted molar refractivity (Wildman–Crippen MR) is 59.5 cm³/mol. The Kier molecular flexibility index (Phi) is 5.05. The lowest BCUT2D eigenvalue weighted by atomic mass is 9.83. The number of hydrogen-bond acceptors (Lipinski definition) is 3. The molecule has 88 valence electrons. The van der Waals surface area contributed by atoms with Crippen molar-refractivity contribution in [3.8, 4) is 0 Å². The van der Waals surface area contributed by atoms with Crippen molar-refractivity contribution >= 4 is 5.91 Å². The summed E-state index contributed by atoms with van der Waals surface area (Å²) in [4.78, 5) is 11.5. The molecular formula is C11H22N2O2. The third-order valence-corrected chi connectivity index (χ3v) is 2.83. The summed E-state index contributed by atoms with van der Waals surface area (Å²) in [6, 6.07) is 0.0847. The van der Waals surface area contributed by atoms with E-state index in [1.165, 1.54) is 0 Å². The maximum atomic E-state index is 11.5. The van der Waals surface area contributed by atoms with E-state index < -0.39 is 0 Å². The van der Waals surface area contributed by atoms with Gasteiger partial charge in [-0.3, -0.25) is 4.79 Å². The van der Waals surface area contributed by atoms with Crippen molar-refractivity contribution < 1.29 is 9.53 Å². The molecule has 15 heavy (non-hydrogen) atoms. The summed E-state index contributed by atoms with van der Waals surface area (Å²) in [6.45, 7) is 4.71. The maximum Gasteiger partial charge on any atom is 0.220 e. The molecule has 4 nitrogen and oxygen atoms in total. The fourth-order valence-electron chi connectivity index (χ4n) is 1.82. The molecule has 3 unspecified atom stereocenters. The molecule has 0 saturated heterocycles. The second kappa shape index (κ2) is 6.08. The number of carbonyl (C=O) groups is 1. The first-order chi connectivity index (χ1) is 7.19. The summed E-state index contributed by atoms with van der Waals surface area (Å²) in [5, 5.41) is 2.95. The van der Waals surface area contributed by atoms with Gasteiger partial charge in [0.05, 0.1) is 12.1 Å². The summed E-state index contributed by atoms with van der Waals surface area (Å²) in [5.74, 6) is 0.0988. The van der Waals surface area contributed by atoms with Gasteiger partial charge in [0.15, 0.2) is 0 Å². The Morgan fingerprint density at radius 1 is 1.53 bits per heavy atom. The van der Waals surface area contributed by atoms with Crippen LogP contribution in [0.25, 0.3) is 0 Å². The van der Waals surface area contributed by atoms with E-state index in [-0.39, 0.29) is 24.1 Å². The molecule has 3 atom stereocenters. The van der Waals surface area contributed by atoms with Gasteiger partial charge in [-0.2, -0.15) is 0 Å². The van der Waals surface area contributed by atoms with Gasteiger partial charge < -0.3 is 15.8 Å². The molecule has 1 aliphatic rings. The zero-order valence-electron chi connectivity index (χ0n) is 9.66. The molecule has 3 N–H and O–H groups in total. The minimum absolute atomic E-state index is 0.0225. The highest BCUT2D eigenvalue weighted by Crippen LogP contribution is 2.22. The van der Waals surface area contributed by atoms with Crippen LogP contribution in [0.15, 0.2) is 0 Å². The van der Waals surface area contributed by atoms with E-state index >= 15 is 0 Å². The van der Waals surface area contributed by atoms with Crippen LogP contribution in [0.1, 0.15) is 39.5 Å². The third kappa shape index (κ3) is 3.47. The van der Waals surface area contributed by atoms with Crippen molar-refractivity contribution in [1.29, 1.82) is 0 Å². The fraction of sp³-hybridized carbons (Fsp3) is 0.909. The number of nitrogens with two attached hydrogens (primary N) is 1. The number of rotatable bonds is 6. The van der Waals surface area contributed by atoms with Gasteiger partial charge in [0.2, 0.25) is 5.91 Å². The Labute approximate surface area is 91.5 Å². The van der Waals surface area contributed by atoms with Crippen molar-refractivity contribution in [2.75, 3.05) is 6.61 Å². The van der Waals surface area contributed by atoms with Crippen LogP contribution >= 0.6 is 0 Å². The lowest BCUT2D eigenvalue weighted by Gasteiger charge is -2.42. The van der Waals surface area contributed by atoms with Crippen molar-refractivity contribution in [1.82, 2.24) is 5.32 Å². The first-order valence-electron chi connectivity index (χ1n) is 5.85. The second-order valence-corrected chi connectivity index (χ2v) is 4.09. The molecule has 1 saturated carbocycles. The monoisotopic (exact) mass is 214 g/mol. The molecule has 1 aliphatic carbocycles. The van der Waals surface area contributed by atoms with Crippen LogP contribution in [0, 0.1) is 0 Å². The summed E-state index contributed by atoms with van der Waals surface area (Å²) < 4.78 is 5.47. The highest BCUT2D eigenvalue weighted by Gasteiger charge is 2.40. The van der Waals surface area contributed by atoms with Gasteiger partial charge in [0.1, 0.15) is 0 Å². The average Bonchev–Trinajstić information content (AvgIpc) is 2.23. The molecule has 4 heteroatoms. The summed E-state index contributed by atoms with van der Waals surface area (Å²) in [7, 11) is 0. The molecule has 0 bridgehead atoms. The van der Waals surface area contributed by atoms with E-state index in [0.717, 1.165) is 19.3 Å². The number of carbonyl (C=O) groups excluding carboxylic acids is 1. The van der Waals surface area contributed by atoms with Gasteiger partial charge in [-0.05, 0) is 19.8 Å². The molecule has 1 amide bonds. The molecule has 0 aromatic heterocycles. The van der Waals surface area contributed by atoms with Crippen LogP contribution < -0.4 is 11.1 Å². The van der Waals surface area contributed by atoms with Crippen LogP contribution in [-0.2, 0) is 9.53 Å². The molecule has 0 heterocycles. The fourth-order valence-corrected chi connectivity index (χ4v) is 1.82. The van der Waals surface area contributed by atoms with Crippen LogP contribution in [-0.4, -0.2) is 30.7 Å². The standard InChI is InChI=1S/C11H22N2O2/c1-3-5-6-10(14)13-11-8(12)7-9(11)15-4-2/h8-9,11H,3-7,12H2,1-2H3,(H,13,14). The van der Waals surface area contributed by atoms with E-state index in [0.29, 0.717) is 13.0 Å². The summed E-state index contributed by atoms with van der Waals surface area (Å²) >= 11 is 0. The van der Waals surface area contributed by atoms with Crippen molar-refractivity contribution in [2.45, 2.75) is 57.7 Å². The van der Waals surface area contributed by atoms with Crippen LogP contribution in [0.4, 0.5) is 0 Å². The Bertz CT molecular complexity index is 207. The minimum atomic E-state index is 0.0225. The highest BCUT2D eigenvalue weighted by atomic mass is 16.5. The smallest absolute Gasteiger partial charge is 0.220 e. The van der Waals surface area contributed by atoms with E-state index in [2.05, 4.69) is 12.2 Å². The van der Waals surface area contributed by atoms with E-state index in [1.54, 1.807) is 0 Å². The van der Waals surface area contributed by atoms with Crippen molar-refractivity contribution in [2.24, 2.45) is 5.73 Å². The van der Waals surface area contributed by atoms with Gasteiger partial charge in [-0.1, -0.05) is 13.3 Å². The minimum Gasteiger partial charge on any atom is -0.376 e. The third-order valence-electron chi connectivity index (χ3n) is 2.83. The Hall–Kier alpha value is -0.610. The molecule has 0 spiro atoms. The van der Waals surface area contributed by atoms with Gasteiger partial charge in [0, 0.05) is 19.1 Å². The zero-order chi connectivity index (χ0) is 11.3. The molecular weight excluding hydrogens is 192 g/mol. The SMILES string of the molecule is CCCCC(=O)NC1C(N)CC1OCC. The number of amides is 1. The van der Waals surface area contributed by atoms with E-state index in [1.807, 2.05) is 6.92 Å². The van der Waals surface area contributed by atoms with Crippen LogP contribution in [0.5, 0.6) is 0 Å². The first kappa shape index (κ1) is 12.5. The molecule has 1 rings (SSSR count). The molecule has 0 radical (unpaired) electrons. The van der Waals surface area contributed by atoms with Gasteiger partial charge in [-0.25, -0.2) is 0 Å². The molecule has 0 aromatic rings. The predicted octanol–water partition coefficient (Wildman–Crippen LogP) is 0.797. The lowest BCUT2D eigenvalue weighted by Crippen LogP contribution is -2.64. The van der Waals surface area contributed by atoms with Gasteiger partial charge in [-0.15, -0.1) is 0 Å². The van der Waals surface area contributed by atoms with Crippen LogP contribution in [0.2, 0.25) is 0 Å². The van der Waals surface area contributed by atoms with E-state index in [4.69, 9.17) is 10.5 Å². The quantitative estimate of drug-likeness (QED) is 0.687.